The third-order valence-electron chi connectivity index (χ3n) is 5.00. The fourth-order valence-corrected chi connectivity index (χ4v) is 3.58. The highest BCUT2D eigenvalue weighted by Gasteiger charge is 2.27. The van der Waals surface area contributed by atoms with Crippen molar-refractivity contribution >= 4 is 11.7 Å². The number of hydrogen-bond acceptors (Lipinski definition) is 5. The first kappa shape index (κ1) is 18.1. The molecule has 2 atom stereocenters. The van der Waals surface area contributed by atoms with Crippen LogP contribution in [0.5, 0.6) is 0 Å². The number of carbonyl (C=O) groups is 1. The number of likely N-dealkylation sites (N-methyl/N-ethyl adjacent to an activating group) is 1. The smallest absolute Gasteiger partial charge is 0.335 e. The molecule has 7 heteroatoms. The van der Waals surface area contributed by atoms with E-state index in [1.165, 1.54) is 4.68 Å². The fourth-order valence-electron chi connectivity index (χ4n) is 3.58. The molecule has 2 aromatic rings. The predicted molar refractivity (Wildman–Crippen MR) is 99.9 cm³/mol. The maximum Gasteiger partial charge on any atom is 0.335 e. The van der Waals surface area contributed by atoms with E-state index in [0.717, 1.165) is 30.8 Å². The Kier molecular flexibility index (Phi) is 5.08. The van der Waals surface area contributed by atoms with Crippen LogP contribution in [0.4, 0.5) is 5.69 Å². The van der Waals surface area contributed by atoms with Gasteiger partial charge in [0.05, 0.1) is 17.4 Å². The first-order valence-corrected chi connectivity index (χ1v) is 8.66. The summed E-state index contributed by atoms with van der Waals surface area (Å²) in [5, 5.41) is 16.6. The molecule has 26 heavy (non-hydrogen) atoms. The molecule has 0 saturated carbocycles. The third-order valence-corrected chi connectivity index (χ3v) is 5.00. The Morgan fingerprint density at radius 3 is 2.58 bits per heavy atom. The van der Waals surface area contributed by atoms with Gasteiger partial charge in [-0.15, -0.1) is 0 Å². The summed E-state index contributed by atoms with van der Waals surface area (Å²) in [4.78, 5) is 25.3. The summed E-state index contributed by atoms with van der Waals surface area (Å²) in [5.74, 6) is -0.612. The SMILES string of the molecule is Cc1c(N[C@@H]2C[C@H](c3ccc(C(=O)O)cc3)CN(C)C2)cnn(C)c1=O. The molecular weight excluding hydrogens is 332 g/mol. The van der Waals surface area contributed by atoms with Crippen LogP contribution >= 0.6 is 0 Å². The van der Waals surface area contributed by atoms with E-state index in [2.05, 4.69) is 22.4 Å². The molecule has 1 aromatic heterocycles. The lowest BCUT2D eigenvalue weighted by molar-refractivity contribution is 0.0697. The van der Waals surface area contributed by atoms with Crippen molar-refractivity contribution in [3.63, 3.8) is 0 Å². The van der Waals surface area contributed by atoms with E-state index < -0.39 is 5.97 Å². The van der Waals surface area contributed by atoms with E-state index in [4.69, 9.17) is 5.11 Å². The highest BCUT2D eigenvalue weighted by atomic mass is 16.4. The molecule has 2 N–H and O–H groups in total. The number of carboxylic acids is 1. The molecule has 0 amide bonds. The molecule has 0 aliphatic carbocycles. The Morgan fingerprint density at radius 1 is 1.23 bits per heavy atom. The van der Waals surface area contributed by atoms with Crippen molar-refractivity contribution in [3.05, 3.63) is 57.5 Å². The lowest BCUT2D eigenvalue weighted by atomic mass is 9.87. The van der Waals surface area contributed by atoms with Crippen molar-refractivity contribution in [2.45, 2.75) is 25.3 Å². The van der Waals surface area contributed by atoms with Gasteiger partial charge in [0.15, 0.2) is 0 Å². The molecule has 7 nitrogen and oxygen atoms in total. The zero-order chi connectivity index (χ0) is 18.8. The zero-order valence-electron chi connectivity index (χ0n) is 15.3. The number of nitrogens with one attached hydrogen (secondary N) is 1. The fraction of sp³-hybridized carbons (Fsp3) is 0.421. The summed E-state index contributed by atoms with van der Waals surface area (Å²) >= 11 is 0. The average molecular weight is 356 g/mol. The lowest BCUT2D eigenvalue weighted by Gasteiger charge is -2.37. The number of carboxylic acid groups (broad SMARTS) is 1. The predicted octanol–water partition coefficient (Wildman–Crippen LogP) is 1.69. The van der Waals surface area contributed by atoms with Gasteiger partial charge in [-0.2, -0.15) is 5.10 Å². The van der Waals surface area contributed by atoms with Crippen LogP contribution in [0.2, 0.25) is 0 Å². The van der Waals surface area contributed by atoms with Crippen LogP contribution in [0, 0.1) is 6.92 Å². The first-order valence-electron chi connectivity index (χ1n) is 8.66. The van der Waals surface area contributed by atoms with Crippen LogP contribution in [0.25, 0.3) is 0 Å². The highest BCUT2D eigenvalue weighted by molar-refractivity contribution is 5.87. The minimum atomic E-state index is -0.912. The molecule has 2 heterocycles. The first-order chi connectivity index (χ1) is 12.3. The molecule has 3 rings (SSSR count). The monoisotopic (exact) mass is 356 g/mol. The van der Waals surface area contributed by atoms with Gasteiger partial charge in [-0.05, 0) is 44.0 Å². The summed E-state index contributed by atoms with van der Waals surface area (Å²) < 4.78 is 1.33. The number of likely N-dealkylation sites (tertiary alicyclic amines) is 1. The Bertz CT molecular complexity index is 860. The van der Waals surface area contributed by atoms with E-state index in [-0.39, 0.29) is 11.6 Å². The van der Waals surface area contributed by atoms with Crippen LogP contribution in [0.1, 0.15) is 33.8 Å². The summed E-state index contributed by atoms with van der Waals surface area (Å²) in [6, 6.07) is 7.29. The molecule has 1 saturated heterocycles. The van der Waals surface area contributed by atoms with E-state index in [0.29, 0.717) is 17.0 Å². The average Bonchev–Trinajstić information content (AvgIpc) is 2.62. The lowest BCUT2D eigenvalue weighted by Crippen LogP contribution is -2.43. The van der Waals surface area contributed by atoms with Crippen LogP contribution in [-0.4, -0.2) is 51.9 Å². The van der Waals surface area contributed by atoms with Crippen molar-refractivity contribution in [1.29, 1.82) is 0 Å². The van der Waals surface area contributed by atoms with Crippen LogP contribution in [0.15, 0.2) is 35.3 Å². The molecule has 1 aliphatic heterocycles. The minimum Gasteiger partial charge on any atom is -0.478 e. The number of aryl methyl sites for hydroxylation is 1. The summed E-state index contributed by atoms with van der Waals surface area (Å²) in [6.45, 7) is 3.59. The van der Waals surface area contributed by atoms with E-state index in [9.17, 15) is 9.59 Å². The van der Waals surface area contributed by atoms with E-state index in [1.54, 1.807) is 32.3 Å². The van der Waals surface area contributed by atoms with Crippen molar-refractivity contribution in [2.24, 2.45) is 7.05 Å². The molecule has 0 bridgehead atoms. The van der Waals surface area contributed by atoms with Gasteiger partial charge >= 0.3 is 5.97 Å². The Morgan fingerprint density at radius 2 is 1.92 bits per heavy atom. The standard InChI is InChI=1S/C19H24N4O3/c1-12-17(9-20-23(3)18(12)24)21-16-8-15(10-22(2)11-16)13-4-6-14(7-5-13)19(25)26/h4-7,9,15-16,21H,8,10-11H2,1-3H3,(H,25,26)/t15-,16+/m0/s1. The highest BCUT2D eigenvalue weighted by Crippen LogP contribution is 2.28. The number of nitrogens with zero attached hydrogens (tertiary/aromatic N) is 3. The van der Waals surface area contributed by atoms with Gasteiger partial charge < -0.3 is 15.3 Å². The molecular formula is C19H24N4O3. The second-order valence-corrected chi connectivity index (χ2v) is 7.03. The van der Waals surface area contributed by atoms with Gasteiger partial charge in [0.25, 0.3) is 5.56 Å². The molecule has 0 unspecified atom stereocenters. The maximum atomic E-state index is 12.1. The Hall–Kier alpha value is -2.67. The van der Waals surface area contributed by atoms with E-state index in [1.807, 2.05) is 12.1 Å². The molecule has 1 aromatic carbocycles. The molecule has 1 aliphatic rings. The maximum absolute atomic E-state index is 12.1. The van der Waals surface area contributed by atoms with Gasteiger partial charge in [0, 0.05) is 31.7 Å². The minimum absolute atomic E-state index is 0.0972. The van der Waals surface area contributed by atoms with Gasteiger partial charge in [-0.25, -0.2) is 9.48 Å². The van der Waals surface area contributed by atoms with Crippen LogP contribution in [-0.2, 0) is 7.05 Å². The Balaban J connectivity index is 1.77. The number of aromatic nitrogens is 2. The normalized spacial score (nSPS) is 20.7. The second kappa shape index (κ2) is 7.29. The number of aromatic carboxylic acids is 1. The molecule has 138 valence electrons. The van der Waals surface area contributed by atoms with Crippen molar-refractivity contribution in [1.82, 2.24) is 14.7 Å². The number of benzene rings is 1. The van der Waals surface area contributed by atoms with E-state index >= 15 is 0 Å². The second-order valence-electron chi connectivity index (χ2n) is 7.03. The molecule has 1 fully saturated rings. The molecule has 0 radical (unpaired) electrons. The molecule has 0 spiro atoms. The number of rotatable bonds is 4. The summed E-state index contributed by atoms with van der Waals surface area (Å²) in [6.07, 6.45) is 2.60. The number of hydrogen-bond donors (Lipinski definition) is 2. The van der Waals surface area contributed by atoms with Gasteiger partial charge in [-0.1, -0.05) is 12.1 Å². The topological polar surface area (TPSA) is 87.5 Å². The quantitative estimate of drug-likeness (QED) is 0.867. The third kappa shape index (κ3) is 3.77. The Labute approximate surface area is 152 Å². The van der Waals surface area contributed by atoms with Crippen LogP contribution < -0.4 is 10.9 Å². The zero-order valence-corrected chi connectivity index (χ0v) is 15.3. The number of piperidine rings is 1. The van der Waals surface area contributed by atoms with Crippen LogP contribution in [0.3, 0.4) is 0 Å². The van der Waals surface area contributed by atoms with Gasteiger partial charge in [0.1, 0.15) is 0 Å². The summed E-state index contributed by atoms with van der Waals surface area (Å²) in [7, 11) is 3.71. The summed E-state index contributed by atoms with van der Waals surface area (Å²) in [5.41, 5.74) is 2.77. The van der Waals surface area contributed by atoms with Gasteiger partial charge in [0.2, 0.25) is 0 Å². The van der Waals surface area contributed by atoms with Gasteiger partial charge in [-0.3, -0.25) is 4.79 Å². The number of anilines is 1. The van der Waals surface area contributed by atoms with Crippen molar-refractivity contribution < 1.29 is 9.90 Å². The van der Waals surface area contributed by atoms with Crippen molar-refractivity contribution in [3.8, 4) is 0 Å². The van der Waals surface area contributed by atoms with Crippen molar-refractivity contribution in [2.75, 3.05) is 25.5 Å². The largest absolute Gasteiger partial charge is 0.478 e.